The van der Waals surface area contributed by atoms with Crippen LogP contribution in [0.1, 0.15) is 17.6 Å². The molecule has 0 N–H and O–H groups in total. The molecule has 0 bridgehead atoms. The number of hydrogen-bond donors (Lipinski definition) is 0. The highest BCUT2D eigenvalue weighted by Crippen LogP contribution is 2.42. The van der Waals surface area contributed by atoms with Crippen molar-refractivity contribution in [3.8, 4) is 33.9 Å². The number of ether oxygens (including phenoxy) is 2. The molecule has 0 fully saturated rings. The summed E-state index contributed by atoms with van der Waals surface area (Å²) >= 11 is 1.61. The molecule has 4 heterocycles. The van der Waals surface area contributed by atoms with Gasteiger partial charge in [-0.1, -0.05) is 23.4 Å². The van der Waals surface area contributed by atoms with Crippen molar-refractivity contribution < 1.29 is 18.7 Å². The second kappa shape index (κ2) is 9.98. The van der Waals surface area contributed by atoms with E-state index in [0.717, 1.165) is 44.2 Å². The molecule has 0 aliphatic heterocycles. The van der Waals surface area contributed by atoms with Crippen LogP contribution in [0.15, 0.2) is 81.9 Å². The Morgan fingerprint density at radius 1 is 0.974 bits per heavy atom. The lowest BCUT2D eigenvalue weighted by molar-refractivity contribution is 0.125. The molecule has 2 aromatic carbocycles. The predicted octanol–water partition coefficient (Wildman–Crippen LogP) is 6.22. The second-order valence-electron chi connectivity index (χ2n) is 8.41. The topological polar surface area (TPSA) is 96.3 Å². The Labute approximate surface area is 221 Å². The zero-order valence-electron chi connectivity index (χ0n) is 20.9. The van der Waals surface area contributed by atoms with Crippen molar-refractivity contribution in [3.05, 3.63) is 83.1 Å². The van der Waals surface area contributed by atoms with E-state index in [1.54, 1.807) is 36.4 Å². The molecule has 10 heteroatoms. The summed E-state index contributed by atoms with van der Waals surface area (Å²) in [4.78, 5) is 15.9. The lowest BCUT2D eigenvalue weighted by atomic mass is 9.99. The maximum atomic E-state index is 6.32. The maximum Gasteiger partial charge on any atom is 0.232 e. The van der Waals surface area contributed by atoms with E-state index in [0.29, 0.717) is 22.9 Å². The van der Waals surface area contributed by atoms with Crippen LogP contribution in [0.4, 0.5) is 0 Å². The Balaban J connectivity index is 1.45. The third-order valence-corrected chi connectivity index (χ3v) is 7.06. The molecule has 0 saturated carbocycles. The van der Waals surface area contributed by atoms with Gasteiger partial charge in [0, 0.05) is 11.1 Å². The van der Waals surface area contributed by atoms with Crippen molar-refractivity contribution in [2.75, 3.05) is 14.2 Å². The van der Waals surface area contributed by atoms with E-state index >= 15 is 0 Å². The zero-order valence-corrected chi connectivity index (χ0v) is 21.7. The minimum absolute atomic E-state index is 0.118. The maximum absolute atomic E-state index is 6.32. The SMILES string of the molecule is COc1ccc(-c2oc3ncn4nc(CO/N=C(/C)c5cccs5)nc4c3c2-c2ccc(OC)cc2)cc1. The molecule has 9 nitrogen and oxygen atoms in total. The lowest BCUT2D eigenvalue weighted by Crippen LogP contribution is -1.96. The normalized spacial score (nSPS) is 11.8. The molecule has 0 atom stereocenters. The van der Waals surface area contributed by atoms with Crippen molar-refractivity contribution in [2.45, 2.75) is 13.5 Å². The smallest absolute Gasteiger partial charge is 0.232 e. The highest BCUT2D eigenvalue weighted by Gasteiger charge is 2.23. The number of fused-ring (bicyclic) bond motifs is 3. The molecular weight excluding hydrogens is 502 g/mol. The monoisotopic (exact) mass is 525 g/mol. The van der Waals surface area contributed by atoms with Crippen LogP contribution in [0, 0.1) is 0 Å². The average molecular weight is 526 g/mol. The van der Waals surface area contributed by atoms with Crippen LogP contribution in [0.25, 0.3) is 39.2 Å². The number of aromatic nitrogens is 4. The molecule has 4 aromatic heterocycles. The highest BCUT2D eigenvalue weighted by molar-refractivity contribution is 7.12. The number of methoxy groups -OCH3 is 2. The summed E-state index contributed by atoms with van der Waals surface area (Å²) in [6.07, 6.45) is 1.59. The fourth-order valence-electron chi connectivity index (χ4n) is 4.20. The standard InChI is InChI=1S/C28H23N5O4S/c1-17(22-5-4-14-38-22)32-36-15-23-30-27-25-24(18-6-10-20(34-2)11-7-18)26(19-8-12-21(35-3)13-9-19)37-28(25)29-16-33(27)31-23/h4-14,16H,15H2,1-3H3/b32-17-. The Morgan fingerprint density at radius 2 is 1.68 bits per heavy atom. The van der Waals surface area contributed by atoms with Gasteiger partial charge in [-0.15, -0.1) is 16.4 Å². The number of furan rings is 1. The van der Waals surface area contributed by atoms with Crippen molar-refractivity contribution in [2.24, 2.45) is 5.16 Å². The van der Waals surface area contributed by atoms with Crippen LogP contribution in [0.3, 0.4) is 0 Å². The van der Waals surface area contributed by atoms with Gasteiger partial charge in [0.2, 0.25) is 5.71 Å². The molecule has 6 rings (SSSR count). The number of oxime groups is 1. The lowest BCUT2D eigenvalue weighted by Gasteiger charge is -2.06. The summed E-state index contributed by atoms with van der Waals surface area (Å²) < 4.78 is 18.7. The first-order valence-corrected chi connectivity index (χ1v) is 12.7. The van der Waals surface area contributed by atoms with Crippen LogP contribution in [-0.4, -0.2) is 39.5 Å². The molecule has 0 radical (unpaired) electrons. The number of nitrogens with zero attached hydrogens (tertiary/aromatic N) is 5. The Bertz CT molecular complexity index is 1740. The van der Waals surface area contributed by atoms with Gasteiger partial charge in [-0.25, -0.2) is 14.5 Å². The summed E-state index contributed by atoms with van der Waals surface area (Å²) in [6, 6.07) is 19.5. The van der Waals surface area contributed by atoms with Crippen LogP contribution in [-0.2, 0) is 11.4 Å². The quantitative estimate of drug-likeness (QED) is 0.172. The van der Waals surface area contributed by atoms with Crippen molar-refractivity contribution in [3.63, 3.8) is 0 Å². The van der Waals surface area contributed by atoms with E-state index in [-0.39, 0.29) is 6.61 Å². The predicted molar refractivity (Wildman–Crippen MR) is 146 cm³/mol. The zero-order chi connectivity index (χ0) is 26.1. The van der Waals surface area contributed by atoms with E-state index < -0.39 is 0 Å². The van der Waals surface area contributed by atoms with Gasteiger partial charge in [-0.3, -0.25) is 0 Å². The molecule has 0 spiro atoms. The number of rotatable bonds is 8. The summed E-state index contributed by atoms with van der Waals surface area (Å²) in [5.74, 6) is 2.67. The van der Waals surface area contributed by atoms with E-state index in [4.69, 9.17) is 23.7 Å². The highest BCUT2D eigenvalue weighted by atomic mass is 32.1. The number of thiophene rings is 1. The van der Waals surface area contributed by atoms with Gasteiger partial charge in [0.25, 0.3) is 0 Å². The molecule has 38 heavy (non-hydrogen) atoms. The van der Waals surface area contributed by atoms with Gasteiger partial charge >= 0.3 is 0 Å². The first-order chi connectivity index (χ1) is 18.6. The van der Waals surface area contributed by atoms with E-state index in [2.05, 4.69) is 15.2 Å². The molecule has 6 aromatic rings. The summed E-state index contributed by atoms with van der Waals surface area (Å²) in [7, 11) is 3.28. The van der Waals surface area contributed by atoms with Crippen molar-refractivity contribution >= 4 is 33.8 Å². The van der Waals surface area contributed by atoms with Gasteiger partial charge in [0.05, 0.1) is 30.2 Å². The minimum atomic E-state index is 0.118. The van der Waals surface area contributed by atoms with Crippen LogP contribution < -0.4 is 9.47 Å². The van der Waals surface area contributed by atoms with Crippen LogP contribution in [0.5, 0.6) is 11.5 Å². The number of benzene rings is 2. The molecule has 0 unspecified atom stereocenters. The number of hydrogen-bond acceptors (Lipinski definition) is 9. The first-order valence-electron chi connectivity index (χ1n) is 11.8. The Kier molecular flexibility index (Phi) is 6.22. The molecule has 0 aliphatic carbocycles. The Hall–Kier alpha value is -4.70. The molecule has 0 saturated heterocycles. The summed E-state index contributed by atoms with van der Waals surface area (Å²) in [5.41, 5.74) is 4.55. The second-order valence-corrected chi connectivity index (χ2v) is 9.36. The summed E-state index contributed by atoms with van der Waals surface area (Å²) in [5, 5.41) is 11.5. The van der Waals surface area contributed by atoms with Gasteiger partial charge in [0.1, 0.15) is 23.6 Å². The molecular formula is C28H23N5O4S. The van der Waals surface area contributed by atoms with Gasteiger partial charge in [0.15, 0.2) is 18.1 Å². The van der Waals surface area contributed by atoms with E-state index in [9.17, 15) is 0 Å². The first kappa shape index (κ1) is 23.7. The van der Waals surface area contributed by atoms with Crippen molar-refractivity contribution in [1.29, 1.82) is 0 Å². The van der Waals surface area contributed by atoms with Crippen LogP contribution in [0.2, 0.25) is 0 Å². The molecule has 0 amide bonds. The largest absolute Gasteiger partial charge is 0.497 e. The van der Waals surface area contributed by atoms with Crippen molar-refractivity contribution in [1.82, 2.24) is 19.6 Å². The van der Waals surface area contributed by atoms with Crippen LogP contribution >= 0.6 is 11.3 Å². The Morgan fingerprint density at radius 3 is 2.34 bits per heavy atom. The fourth-order valence-corrected chi connectivity index (χ4v) is 4.87. The van der Waals surface area contributed by atoms with Gasteiger partial charge in [-0.05, 0) is 60.3 Å². The third-order valence-electron chi connectivity index (χ3n) is 6.08. The van der Waals surface area contributed by atoms with E-state index in [1.165, 1.54) is 0 Å². The average Bonchev–Trinajstić information content (AvgIpc) is 3.71. The minimum Gasteiger partial charge on any atom is -0.497 e. The molecule has 190 valence electrons. The summed E-state index contributed by atoms with van der Waals surface area (Å²) in [6.45, 7) is 2.02. The molecule has 0 aliphatic rings. The fraction of sp³-hybridized carbons (Fsp3) is 0.143. The van der Waals surface area contributed by atoms with E-state index in [1.807, 2.05) is 73.0 Å². The third kappa shape index (κ3) is 4.35. The van der Waals surface area contributed by atoms with Gasteiger partial charge in [-0.2, -0.15) is 0 Å². The van der Waals surface area contributed by atoms with Gasteiger partial charge < -0.3 is 18.7 Å².